The van der Waals surface area contributed by atoms with Gasteiger partial charge >= 0.3 is 0 Å². The molecule has 2 rings (SSSR count). The summed E-state index contributed by atoms with van der Waals surface area (Å²) in [6.45, 7) is 0. The molecule has 5 heteroatoms. The first-order valence-electron chi connectivity index (χ1n) is 4.28. The molecule has 74 valence electrons. The van der Waals surface area contributed by atoms with E-state index in [2.05, 4.69) is 9.97 Å². The first kappa shape index (κ1) is 9.26. The quantitative estimate of drug-likeness (QED) is 0.550. The zero-order valence-corrected chi connectivity index (χ0v) is 7.70. The van der Waals surface area contributed by atoms with Gasteiger partial charge in [-0.1, -0.05) is 0 Å². The third-order valence-corrected chi connectivity index (χ3v) is 1.94. The summed E-state index contributed by atoms with van der Waals surface area (Å²) < 4.78 is 0. The normalized spacial score (nSPS) is 9.87. The Bertz CT molecular complexity index is 468. The number of aromatic nitrogens is 2. The molecule has 0 saturated carbocycles. The molecule has 0 bridgehead atoms. The topological polar surface area (TPSA) is 68.9 Å². The zero-order valence-electron chi connectivity index (χ0n) is 7.70. The minimum Gasteiger partial charge on any atom is -0.261 e. The molecule has 1 heterocycles. The summed E-state index contributed by atoms with van der Waals surface area (Å²) in [7, 11) is 0. The molecule has 0 amide bonds. The number of rotatable bonds is 2. The number of nitro groups is 1. The highest BCUT2D eigenvalue weighted by Crippen LogP contribution is 2.19. The maximum absolute atomic E-state index is 10.4. The van der Waals surface area contributed by atoms with Crippen LogP contribution in [0, 0.1) is 10.1 Å². The Hall–Kier alpha value is -2.30. The van der Waals surface area contributed by atoms with E-state index in [1.165, 1.54) is 12.1 Å². The molecule has 0 spiro atoms. The molecule has 0 aliphatic carbocycles. The predicted molar refractivity (Wildman–Crippen MR) is 54.1 cm³/mol. The minimum atomic E-state index is -0.430. The third-order valence-electron chi connectivity index (χ3n) is 1.94. The summed E-state index contributed by atoms with van der Waals surface area (Å²) in [4.78, 5) is 18.0. The van der Waals surface area contributed by atoms with Crippen LogP contribution in [0.15, 0.2) is 42.9 Å². The Morgan fingerprint density at radius 2 is 1.87 bits per heavy atom. The van der Waals surface area contributed by atoms with Gasteiger partial charge < -0.3 is 0 Å². The summed E-state index contributed by atoms with van der Waals surface area (Å²) in [6, 6.07) is 6.21. The lowest BCUT2D eigenvalue weighted by Crippen LogP contribution is -1.88. The largest absolute Gasteiger partial charge is 0.269 e. The van der Waals surface area contributed by atoms with Crippen molar-refractivity contribution in [1.82, 2.24) is 9.97 Å². The molecule has 0 aliphatic rings. The van der Waals surface area contributed by atoms with Crippen LogP contribution in [0.4, 0.5) is 5.69 Å². The van der Waals surface area contributed by atoms with E-state index < -0.39 is 4.92 Å². The van der Waals surface area contributed by atoms with Crippen molar-refractivity contribution in [1.29, 1.82) is 0 Å². The second kappa shape index (κ2) is 3.83. The highest BCUT2D eigenvalue weighted by molar-refractivity contribution is 5.59. The second-order valence-corrected chi connectivity index (χ2v) is 2.89. The molecular weight excluding hydrogens is 194 g/mol. The van der Waals surface area contributed by atoms with E-state index in [0.717, 1.165) is 5.56 Å². The number of hydrogen-bond acceptors (Lipinski definition) is 4. The number of benzene rings is 1. The average molecular weight is 201 g/mol. The van der Waals surface area contributed by atoms with Gasteiger partial charge in [0.15, 0.2) is 0 Å². The number of nitrogens with zero attached hydrogens (tertiary/aromatic N) is 3. The van der Waals surface area contributed by atoms with Crippen molar-refractivity contribution in [3.63, 3.8) is 0 Å². The van der Waals surface area contributed by atoms with Crippen molar-refractivity contribution in [3.05, 3.63) is 53.0 Å². The summed E-state index contributed by atoms with van der Waals surface area (Å²) in [5.74, 6) is 0. The fraction of sp³-hybridized carbons (Fsp3) is 0. The summed E-state index contributed by atoms with van der Waals surface area (Å²) in [5.41, 5.74) is 1.59. The van der Waals surface area contributed by atoms with Gasteiger partial charge in [0, 0.05) is 30.1 Å². The van der Waals surface area contributed by atoms with Gasteiger partial charge in [-0.15, -0.1) is 0 Å². The summed E-state index contributed by atoms with van der Waals surface area (Å²) in [5, 5.41) is 10.4. The van der Waals surface area contributed by atoms with E-state index in [0.29, 0.717) is 5.69 Å². The molecule has 0 fully saturated rings. The Morgan fingerprint density at radius 3 is 2.40 bits per heavy atom. The molecule has 0 N–H and O–H groups in total. The molecule has 0 aliphatic heterocycles. The van der Waals surface area contributed by atoms with E-state index in [4.69, 9.17) is 0 Å². The van der Waals surface area contributed by atoms with Gasteiger partial charge in [0.2, 0.25) is 0 Å². The third kappa shape index (κ3) is 1.96. The van der Waals surface area contributed by atoms with Gasteiger partial charge in [0.05, 0.1) is 16.8 Å². The van der Waals surface area contributed by atoms with Crippen LogP contribution in [-0.2, 0) is 0 Å². The van der Waals surface area contributed by atoms with Gasteiger partial charge in [0.25, 0.3) is 5.69 Å². The van der Waals surface area contributed by atoms with Crippen molar-refractivity contribution in [2.24, 2.45) is 0 Å². The Labute approximate surface area is 85.6 Å². The first-order valence-corrected chi connectivity index (χ1v) is 4.28. The van der Waals surface area contributed by atoms with Crippen LogP contribution in [0.5, 0.6) is 0 Å². The number of non-ortho nitro benzene ring substituents is 1. The fourth-order valence-electron chi connectivity index (χ4n) is 1.20. The smallest absolute Gasteiger partial charge is 0.261 e. The lowest BCUT2D eigenvalue weighted by Gasteiger charge is -1.98. The molecule has 0 saturated heterocycles. The van der Waals surface area contributed by atoms with Crippen molar-refractivity contribution in [2.45, 2.75) is 0 Å². The molecule has 1 aromatic carbocycles. The minimum absolute atomic E-state index is 0.0719. The Kier molecular flexibility index (Phi) is 2.37. The molecule has 1 aromatic heterocycles. The van der Waals surface area contributed by atoms with E-state index >= 15 is 0 Å². The SMILES string of the molecule is O=[N+]([O-])c1ccc(-c2cnccn2)cc1. The van der Waals surface area contributed by atoms with Crippen molar-refractivity contribution < 1.29 is 4.92 Å². The van der Waals surface area contributed by atoms with E-state index in [9.17, 15) is 10.1 Å². The van der Waals surface area contributed by atoms with E-state index in [1.807, 2.05) is 0 Å². The fourth-order valence-corrected chi connectivity index (χ4v) is 1.20. The highest BCUT2D eigenvalue weighted by Gasteiger charge is 2.05. The monoisotopic (exact) mass is 201 g/mol. The zero-order chi connectivity index (χ0) is 10.7. The lowest BCUT2D eigenvalue weighted by molar-refractivity contribution is -0.384. The maximum atomic E-state index is 10.4. The summed E-state index contributed by atoms with van der Waals surface area (Å²) in [6.07, 6.45) is 4.77. The van der Waals surface area contributed by atoms with E-state index in [1.54, 1.807) is 30.7 Å². The van der Waals surface area contributed by atoms with Gasteiger partial charge in [0.1, 0.15) is 0 Å². The van der Waals surface area contributed by atoms with Crippen LogP contribution in [0.2, 0.25) is 0 Å². The Balaban J connectivity index is 2.36. The maximum Gasteiger partial charge on any atom is 0.269 e. The van der Waals surface area contributed by atoms with E-state index in [-0.39, 0.29) is 5.69 Å². The molecule has 0 radical (unpaired) electrons. The summed E-state index contributed by atoms with van der Waals surface area (Å²) >= 11 is 0. The van der Waals surface area contributed by atoms with Gasteiger partial charge in [-0.3, -0.25) is 20.1 Å². The van der Waals surface area contributed by atoms with Crippen LogP contribution < -0.4 is 0 Å². The van der Waals surface area contributed by atoms with Crippen LogP contribution in [-0.4, -0.2) is 14.9 Å². The van der Waals surface area contributed by atoms with Crippen LogP contribution in [0.25, 0.3) is 11.3 Å². The molecule has 5 nitrogen and oxygen atoms in total. The molecule has 2 aromatic rings. The molecule has 15 heavy (non-hydrogen) atoms. The van der Waals surface area contributed by atoms with Gasteiger partial charge in [-0.2, -0.15) is 0 Å². The van der Waals surface area contributed by atoms with Gasteiger partial charge in [-0.05, 0) is 12.1 Å². The van der Waals surface area contributed by atoms with Crippen LogP contribution in [0.3, 0.4) is 0 Å². The van der Waals surface area contributed by atoms with Crippen molar-refractivity contribution >= 4 is 5.69 Å². The lowest BCUT2D eigenvalue weighted by atomic mass is 10.1. The van der Waals surface area contributed by atoms with Gasteiger partial charge in [-0.25, -0.2) is 0 Å². The second-order valence-electron chi connectivity index (χ2n) is 2.89. The van der Waals surface area contributed by atoms with Crippen molar-refractivity contribution in [2.75, 3.05) is 0 Å². The first-order chi connectivity index (χ1) is 7.27. The van der Waals surface area contributed by atoms with Crippen LogP contribution in [0.1, 0.15) is 0 Å². The van der Waals surface area contributed by atoms with Crippen molar-refractivity contribution in [3.8, 4) is 11.3 Å². The molecule has 0 unspecified atom stereocenters. The number of nitro benzene ring substituents is 1. The standard InChI is InChI=1S/C10H7N3O2/c14-13(15)9-3-1-8(2-4-9)10-7-11-5-6-12-10/h1-7H. The number of hydrogen-bond donors (Lipinski definition) is 0. The molecule has 0 atom stereocenters. The van der Waals surface area contributed by atoms with Crippen LogP contribution >= 0.6 is 0 Å². The Morgan fingerprint density at radius 1 is 1.13 bits per heavy atom. The average Bonchev–Trinajstić information content (AvgIpc) is 2.30. The highest BCUT2D eigenvalue weighted by atomic mass is 16.6. The molecular formula is C10H7N3O2. The predicted octanol–water partition coefficient (Wildman–Crippen LogP) is 2.05.